The van der Waals surface area contributed by atoms with Crippen molar-refractivity contribution in [2.75, 3.05) is 5.32 Å². The Hall–Kier alpha value is -3.13. The number of anilines is 1. The van der Waals surface area contributed by atoms with Gasteiger partial charge in [0.25, 0.3) is 0 Å². The number of hydrogen-bond acceptors (Lipinski definition) is 3. The molecule has 0 aliphatic carbocycles. The minimum absolute atomic E-state index is 0. The second-order valence-electron chi connectivity index (χ2n) is 6.26. The molecule has 3 N–H and O–H groups in total. The fourth-order valence-electron chi connectivity index (χ4n) is 2.91. The fraction of sp³-hybridized carbons (Fsp3) is 0.0435. The Labute approximate surface area is 186 Å². The van der Waals surface area contributed by atoms with Gasteiger partial charge in [-0.1, -0.05) is 42.5 Å². The first-order chi connectivity index (χ1) is 13.8. The van der Waals surface area contributed by atoms with Gasteiger partial charge in [-0.05, 0) is 42.0 Å². The van der Waals surface area contributed by atoms with Crippen molar-refractivity contribution in [3.05, 3.63) is 96.7 Å². The Balaban J connectivity index is 0.00000240. The van der Waals surface area contributed by atoms with Crippen LogP contribution in [0.5, 0.6) is 11.5 Å². The van der Waals surface area contributed by atoms with Gasteiger partial charge in [0, 0.05) is 23.3 Å². The molecule has 29 heavy (non-hydrogen) atoms. The van der Waals surface area contributed by atoms with Gasteiger partial charge in [0.1, 0.15) is 11.5 Å². The molecule has 0 atom stereocenters. The molecule has 4 aromatic rings. The molecule has 0 aliphatic heterocycles. The van der Waals surface area contributed by atoms with Crippen LogP contribution in [0.4, 0.5) is 5.69 Å². The third kappa shape index (κ3) is 5.45. The normalized spacial score (nSPS) is 11.0. The van der Waals surface area contributed by atoms with E-state index in [2.05, 4.69) is 15.3 Å². The van der Waals surface area contributed by atoms with Gasteiger partial charge in [-0.15, -0.1) is 24.0 Å². The number of guanidine groups is 1. The van der Waals surface area contributed by atoms with Crippen LogP contribution in [0, 0.1) is 0 Å². The number of nitrogens with one attached hydrogen (secondary N) is 1. The van der Waals surface area contributed by atoms with Crippen LogP contribution in [0.3, 0.4) is 0 Å². The number of nitrogens with zero attached hydrogens (tertiary/aromatic N) is 2. The molecule has 0 fully saturated rings. The summed E-state index contributed by atoms with van der Waals surface area (Å²) in [5.41, 5.74) is 8.93. The number of fused-ring (bicyclic) bond motifs is 1. The third-order valence-electron chi connectivity index (χ3n) is 4.24. The average Bonchev–Trinajstić information content (AvgIpc) is 2.73. The predicted molar refractivity (Wildman–Crippen MR) is 129 cm³/mol. The number of benzene rings is 3. The molecule has 146 valence electrons. The molecular weight excluding hydrogens is 475 g/mol. The second kappa shape index (κ2) is 9.88. The van der Waals surface area contributed by atoms with Crippen molar-refractivity contribution in [2.45, 2.75) is 6.54 Å². The molecule has 5 nitrogen and oxygen atoms in total. The number of aromatic nitrogens is 1. The molecule has 4 rings (SSSR count). The smallest absolute Gasteiger partial charge is 0.193 e. The van der Waals surface area contributed by atoms with Gasteiger partial charge in [-0.2, -0.15) is 0 Å². The summed E-state index contributed by atoms with van der Waals surface area (Å²) in [5.74, 6) is 1.85. The highest BCUT2D eigenvalue weighted by atomic mass is 127. The van der Waals surface area contributed by atoms with Gasteiger partial charge in [-0.3, -0.25) is 4.98 Å². The Morgan fingerprint density at radius 1 is 0.897 bits per heavy atom. The minimum Gasteiger partial charge on any atom is -0.457 e. The third-order valence-corrected chi connectivity index (χ3v) is 4.24. The molecule has 6 heteroatoms. The van der Waals surface area contributed by atoms with E-state index in [1.54, 1.807) is 6.20 Å². The SMILES string of the molecule is I.NC(=NCc1ccnc2ccccc12)Nc1cccc(Oc2ccccc2)c1. The maximum absolute atomic E-state index is 6.08. The summed E-state index contributed by atoms with van der Waals surface area (Å²) in [4.78, 5) is 8.84. The van der Waals surface area contributed by atoms with E-state index in [9.17, 15) is 0 Å². The van der Waals surface area contributed by atoms with E-state index >= 15 is 0 Å². The van der Waals surface area contributed by atoms with E-state index in [1.807, 2.05) is 84.9 Å². The lowest BCUT2D eigenvalue weighted by Crippen LogP contribution is -2.22. The zero-order valence-corrected chi connectivity index (χ0v) is 18.0. The van der Waals surface area contributed by atoms with Crippen molar-refractivity contribution < 1.29 is 4.74 Å². The molecule has 0 radical (unpaired) electrons. The largest absolute Gasteiger partial charge is 0.457 e. The van der Waals surface area contributed by atoms with Gasteiger partial charge in [0.15, 0.2) is 5.96 Å². The lowest BCUT2D eigenvalue weighted by molar-refractivity contribution is 0.483. The molecule has 1 aromatic heterocycles. The molecule has 0 amide bonds. The average molecular weight is 496 g/mol. The number of pyridine rings is 1. The van der Waals surface area contributed by atoms with Crippen molar-refractivity contribution in [2.24, 2.45) is 10.7 Å². The van der Waals surface area contributed by atoms with Gasteiger partial charge < -0.3 is 15.8 Å². The van der Waals surface area contributed by atoms with E-state index in [4.69, 9.17) is 10.5 Å². The summed E-state index contributed by atoms with van der Waals surface area (Å²) in [6, 6.07) is 27.2. The number of nitrogens with two attached hydrogens (primary N) is 1. The summed E-state index contributed by atoms with van der Waals surface area (Å²) in [6.07, 6.45) is 1.79. The summed E-state index contributed by atoms with van der Waals surface area (Å²) in [6.45, 7) is 0.474. The molecular formula is C23H21IN4O. The number of hydrogen-bond donors (Lipinski definition) is 2. The minimum atomic E-state index is 0. The van der Waals surface area contributed by atoms with E-state index in [-0.39, 0.29) is 24.0 Å². The number of aliphatic imine (C=N–C) groups is 1. The van der Waals surface area contributed by atoms with Gasteiger partial charge in [0.05, 0.1) is 12.1 Å². The van der Waals surface area contributed by atoms with Crippen molar-refractivity contribution >= 4 is 46.5 Å². The summed E-state index contributed by atoms with van der Waals surface area (Å²) >= 11 is 0. The van der Waals surface area contributed by atoms with E-state index < -0.39 is 0 Å². The monoisotopic (exact) mass is 496 g/mol. The zero-order valence-electron chi connectivity index (χ0n) is 15.7. The van der Waals surface area contributed by atoms with Crippen molar-refractivity contribution in [3.63, 3.8) is 0 Å². The highest BCUT2D eigenvalue weighted by Crippen LogP contribution is 2.24. The number of rotatable bonds is 5. The topological polar surface area (TPSA) is 72.5 Å². The lowest BCUT2D eigenvalue weighted by atomic mass is 10.1. The zero-order chi connectivity index (χ0) is 19.2. The highest BCUT2D eigenvalue weighted by Gasteiger charge is 2.03. The van der Waals surface area contributed by atoms with Crippen LogP contribution in [0.15, 0.2) is 96.1 Å². The summed E-state index contributed by atoms with van der Waals surface area (Å²) < 4.78 is 5.85. The van der Waals surface area contributed by atoms with Crippen molar-refractivity contribution in [3.8, 4) is 11.5 Å². The second-order valence-corrected chi connectivity index (χ2v) is 6.26. The Kier molecular flexibility index (Phi) is 7.02. The maximum Gasteiger partial charge on any atom is 0.193 e. The first kappa shape index (κ1) is 20.6. The lowest BCUT2D eigenvalue weighted by Gasteiger charge is -2.09. The Bertz CT molecular complexity index is 1110. The number of halogens is 1. The van der Waals surface area contributed by atoms with Crippen LogP contribution >= 0.6 is 24.0 Å². The number of para-hydroxylation sites is 2. The maximum atomic E-state index is 6.08. The Morgan fingerprint density at radius 2 is 1.66 bits per heavy atom. The van der Waals surface area contributed by atoms with Gasteiger partial charge >= 0.3 is 0 Å². The molecule has 0 unspecified atom stereocenters. The predicted octanol–water partition coefficient (Wildman–Crippen LogP) is 5.57. The van der Waals surface area contributed by atoms with E-state index in [0.717, 1.165) is 33.7 Å². The van der Waals surface area contributed by atoms with Crippen LogP contribution in [-0.4, -0.2) is 10.9 Å². The van der Waals surface area contributed by atoms with Gasteiger partial charge in [-0.25, -0.2) is 4.99 Å². The number of ether oxygens (including phenoxy) is 1. The highest BCUT2D eigenvalue weighted by molar-refractivity contribution is 14.0. The quantitative estimate of drug-likeness (QED) is 0.215. The molecule has 0 saturated carbocycles. The van der Waals surface area contributed by atoms with Crippen molar-refractivity contribution in [1.82, 2.24) is 4.98 Å². The standard InChI is InChI=1S/C23H20N4O.HI/c24-23(26-16-17-13-14-25-22-12-5-4-11-21(17)22)27-18-7-6-10-20(15-18)28-19-8-2-1-3-9-19;/h1-15H,16H2,(H3,24,26,27);1H. The molecule has 0 saturated heterocycles. The van der Waals surface area contributed by atoms with Crippen LogP contribution in [0.2, 0.25) is 0 Å². The molecule has 0 spiro atoms. The van der Waals surface area contributed by atoms with Crippen molar-refractivity contribution in [1.29, 1.82) is 0 Å². The van der Waals surface area contributed by atoms with E-state index in [1.165, 1.54) is 0 Å². The molecule has 0 aliphatic rings. The summed E-state index contributed by atoms with van der Waals surface area (Å²) in [5, 5.41) is 4.20. The summed E-state index contributed by atoms with van der Waals surface area (Å²) in [7, 11) is 0. The van der Waals surface area contributed by atoms with Gasteiger partial charge in [0.2, 0.25) is 0 Å². The Morgan fingerprint density at radius 3 is 2.52 bits per heavy atom. The molecule has 3 aromatic carbocycles. The van der Waals surface area contributed by atoms with Crippen LogP contribution < -0.4 is 15.8 Å². The fourth-order valence-corrected chi connectivity index (χ4v) is 2.91. The molecule has 1 heterocycles. The first-order valence-electron chi connectivity index (χ1n) is 9.00. The van der Waals surface area contributed by atoms with Crippen LogP contribution in [0.1, 0.15) is 5.56 Å². The first-order valence-corrected chi connectivity index (χ1v) is 9.00. The van der Waals surface area contributed by atoms with Crippen LogP contribution in [-0.2, 0) is 6.54 Å². The molecule has 0 bridgehead atoms. The van der Waals surface area contributed by atoms with E-state index in [0.29, 0.717) is 12.5 Å². The van der Waals surface area contributed by atoms with Crippen LogP contribution in [0.25, 0.3) is 10.9 Å².